The zero-order valence-electron chi connectivity index (χ0n) is 8.93. The van der Waals surface area contributed by atoms with E-state index in [4.69, 9.17) is 11.5 Å². The summed E-state index contributed by atoms with van der Waals surface area (Å²) in [5, 5.41) is 3.90. The molecule has 4 N–H and O–H groups in total. The van der Waals surface area contributed by atoms with Crippen LogP contribution in [0.1, 0.15) is 15.9 Å². The summed E-state index contributed by atoms with van der Waals surface area (Å²) < 4.78 is 15.0. The number of hydrogen-bond acceptors (Lipinski definition) is 3. The van der Waals surface area contributed by atoms with Gasteiger partial charge in [-0.1, -0.05) is 12.1 Å². The van der Waals surface area contributed by atoms with Crippen LogP contribution in [0.4, 0.5) is 4.39 Å². The molecule has 0 spiro atoms. The maximum Gasteiger partial charge on any atom is 0.251 e. The van der Waals surface area contributed by atoms with Gasteiger partial charge in [0, 0.05) is 12.7 Å². The molecule has 0 aliphatic rings. The van der Waals surface area contributed by atoms with Crippen LogP contribution in [0, 0.1) is 5.82 Å². The van der Waals surface area contributed by atoms with Gasteiger partial charge in [0.2, 0.25) is 0 Å². The zero-order valence-corrected chi connectivity index (χ0v) is 8.93. The van der Waals surface area contributed by atoms with E-state index >= 15 is 0 Å². The Morgan fingerprint density at radius 1 is 1.47 bits per heavy atom. The number of nitrogens with zero attached hydrogens (tertiary/aromatic N) is 2. The lowest BCUT2D eigenvalue weighted by molar-refractivity contribution is 0.100. The number of hydrogen-bond donors (Lipinski definition) is 2. The summed E-state index contributed by atoms with van der Waals surface area (Å²) in [5.41, 5.74) is 11.7. The molecule has 0 unspecified atom stereocenters. The Balaban J connectivity index is 2.55. The van der Waals surface area contributed by atoms with Crippen LogP contribution in [0.15, 0.2) is 30.6 Å². The van der Waals surface area contributed by atoms with E-state index in [2.05, 4.69) is 5.10 Å². The summed E-state index contributed by atoms with van der Waals surface area (Å²) in [5.74, 6) is -1.06. The monoisotopic (exact) mass is 234 g/mol. The first kappa shape index (κ1) is 11.3. The van der Waals surface area contributed by atoms with E-state index in [0.29, 0.717) is 5.56 Å². The molecule has 1 aromatic carbocycles. The molecule has 0 saturated carbocycles. The minimum absolute atomic E-state index is 0.179. The summed E-state index contributed by atoms with van der Waals surface area (Å²) in [4.78, 5) is 10.9. The Bertz CT molecular complexity index is 564. The van der Waals surface area contributed by atoms with Crippen LogP contribution in [0.25, 0.3) is 5.69 Å². The Morgan fingerprint density at radius 3 is 2.82 bits per heavy atom. The van der Waals surface area contributed by atoms with Gasteiger partial charge < -0.3 is 11.5 Å². The standard InChI is InChI=1S/C11H11FN4O/c12-9-3-1-2-7(4-13)10(9)16-6-8(5-15-16)11(14)17/h1-3,5-6H,4,13H2,(H2,14,17). The molecule has 1 heterocycles. The van der Waals surface area contributed by atoms with Gasteiger partial charge in [-0.2, -0.15) is 5.10 Å². The van der Waals surface area contributed by atoms with Gasteiger partial charge in [-0.05, 0) is 11.6 Å². The average molecular weight is 234 g/mol. The number of nitrogens with two attached hydrogens (primary N) is 2. The van der Waals surface area contributed by atoms with Crippen molar-refractivity contribution in [3.05, 3.63) is 47.5 Å². The second-order valence-electron chi connectivity index (χ2n) is 3.49. The summed E-state index contributed by atoms with van der Waals surface area (Å²) >= 11 is 0. The van der Waals surface area contributed by atoms with Crippen LogP contribution in [0.3, 0.4) is 0 Å². The molecular weight excluding hydrogens is 223 g/mol. The van der Waals surface area contributed by atoms with Crippen molar-refractivity contribution in [1.82, 2.24) is 9.78 Å². The van der Waals surface area contributed by atoms with E-state index in [0.717, 1.165) is 0 Å². The molecule has 5 nitrogen and oxygen atoms in total. The molecule has 0 aliphatic carbocycles. The zero-order chi connectivity index (χ0) is 12.4. The molecule has 0 aliphatic heterocycles. The van der Waals surface area contributed by atoms with Crippen molar-refractivity contribution < 1.29 is 9.18 Å². The molecule has 0 bridgehead atoms. The van der Waals surface area contributed by atoms with E-state index in [-0.39, 0.29) is 17.8 Å². The van der Waals surface area contributed by atoms with Gasteiger partial charge in [0.05, 0.1) is 11.8 Å². The second-order valence-corrected chi connectivity index (χ2v) is 3.49. The van der Waals surface area contributed by atoms with E-state index in [1.807, 2.05) is 0 Å². The maximum absolute atomic E-state index is 13.7. The number of rotatable bonds is 3. The van der Waals surface area contributed by atoms with E-state index < -0.39 is 11.7 Å². The summed E-state index contributed by atoms with van der Waals surface area (Å²) in [7, 11) is 0. The fourth-order valence-electron chi connectivity index (χ4n) is 1.55. The molecule has 6 heteroatoms. The summed E-state index contributed by atoms with van der Waals surface area (Å²) in [6, 6.07) is 4.57. The lowest BCUT2D eigenvalue weighted by Gasteiger charge is -2.08. The number of primary amides is 1. The van der Waals surface area contributed by atoms with Crippen LogP contribution in [-0.4, -0.2) is 15.7 Å². The molecule has 0 atom stereocenters. The third kappa shape index (κ3) is 2.02. The molecule has 1 amide bonds. The SMILES string of the molecule is NCc1cccc(F)c1-n1cc(C(N)=O)cn1. The predicted octanol–water partition coefficient (Wildman–Crippen LogP) is 0.569. The van der Waals surface area contributed by atoms with E-state index in [1.54, 1.807) is 12.1 Å². The highest BCUT2D eigenvalue weighted by atomic mass is 19.1. The number of carbonyl (C=O) groups excluding carboxylic acids is 1. The molecule has 0 fully saturated rings. The highest BCUT2D eigenvalue weighted by molar-refractivity contribution is 5.92. The maximum atomic E-state index is 13.7. The van der Waals surface area contributed by atoms with Gasteiger partial charge in [-0.3, -0.25) is 4.79 Å². The number of halogens is 1. The molecule has 0 saturated heterocycles. The fourth-order valence-corrected chi connectivity index (χ4v) is 1.55. The Morgan fingerprint density at radius 2 is 2.24 bits per heavy atom. The van der Waals surface area contributed by atoms with Crippen molar-refractivity contribution in [2.24, 2.45) is 11.5 Å². The van der Waals surface area contributed by atoms with Crippen molar-refractivity contribution in [2.75, 3.05) is 0 Å². The fraction of sp³-hybridized carbons (Fsp3) is 0.0909. The minimum Gasteiger partial charge on any atom is -0.366 e. The largest absolute Gasteiger partial charge is 0.366 e. The second kappa shape index (κ2) is 4.34. The highest BCUT2D eigenvalue weighted by Crippen LogP contribution is 2.18. The number of para-hydroxylation sites is 1. The number of aromatic nitrogens is 2. The Kier molecular flexibility index (Phi) is 2.88. The smallest absolute Gasteiger partial charge is 0.251 e. The molecular formula is C11H11FN4O. The van der Waals surface area contributed by atoms with E-state index in [1.165, 1.54) is 23.1 Å². The normalized spacial score (nSPS) is 10.5. The van der Waals surface area contributed by atoms with Crippen molar-refractivity contribution in [2.45, 2.75) is 6.54 Å². The van der Waals surface area contributed by atoms with Crippen LogP contribution < -0.4 is 11.5 Å². The Labute approximate surface area is 96.8 Å². The lowest BCUT2D eigenvalue weighted by Crippen LogP contribution is -2.10. The summed E-state index contributed by atoms with van der Waals surface area (Å²) in [6.07, 6.45) is 2.66. The number of benzene rings is 1. The topological polar surface area (TPSA) is 86.9 Å². The van der Waals surface area contributed by atoms with Crippen LogP contribution >= 0.6 is 0 Å². The van der Waals surface area contributed by atoms with Crippen LogP contribution in [-0.2, 0) is 6.54 Å². The van der Waals surface area contributed by atoms with Gasteiger partial charge in [0.15, 0.2) is 0 Å². The molecule has 17 heavy (non-hydrogen) atoms. The molecule has 88 valence electrons. The Hall–Kier alpha value is -2.21. The molecule has 2 rings (SSSR count). The van der Waals surface area contributed by atoms with Crippen molar-refractivity contribution >= 4 is 5.91 Å². The first-order valence-electron chi connectivity index (χ1n) is 4.95. The van der Waals surface area contributed by atoms with Gasteiger partial charge in [-0.25, -0.2) is 9.07 Å². The van der Waals surface area contributed by atoms with Gasteiger partial charge in [0.1, 0.15) is 11.5 Å². The third-order valence-electron chi connectivity index (χ3n) is 2.39. The predicted molar refractivity (Wildman–Crippen MR) is 59.9 cm³/mol. The van der Waals surface area contributed by atoms with Crippen molar-refractivity contribution in [1.29, 1.82) is 0 Å². The van der Waals surface area contributed by atoms with Crippen molar-refractivity contribution in [3.8, 4) is 5.69 Å². The number of amides is 1. The van der Waals surface area contributed by atoms with Crippen LogP contribution in [0.5, 0.6) is 0 Å². The average Bonchev–Trinajstić information content (AvgIpc) is 2.77. The van der Waals surface area contributed by atoms with E-state index in [9.17, 15) is 9.18 Å². The molecule has 1 aromatic heterocycles. The minimum atomic E-state index is -0.609. The molecule has 2 aromatic rings. The molecule has 0 radical (unpaired) electrons. The van der Waals surface area contributed by atoms with Gasteiger partial charge >= 0.3 is 0 Å². The third-order valence-corrected chi connectivity index (χ3v) is 2.39. The number of carbonyl (C=O) groups is 1. The van der Waals surface area contributed by atoms with Gasteiger partial charge in [-0.15, -0.1) is 0 Å². The highest BCUT2D eigenvalue weighted by Gasteiger charge is 2.12. The summed E-state index contributed by atoms with van der Waals surface area (Å²) in [6.45, 7) is 0.179. The van der Waals surface area contributed by atoms with Crippen molar-refractivity contribution in [3.63, 3.8) is 0 Å². The first-order valence-corrected chi connectivity index (χ1v) is 4.95. The first-order chi connectivity index (χ1) is 8.13. The van der Waals surface area contributed by atoms with Gasteiger partial charge in [0.25, 0.3) is 5.91 Å². The quantitative estimate of drug-likeness (QED) is 0.813. The van der Waals surface area contributed by atoms with Crippen LogP contribution in [0.2, 0.25) is 0 Å². The lowest BCUT2D eigenvalue weighted by atomic mass is 10.1.